The van der Waals surface area contributed by atoms with Crippen LogP contribution in [0, 0.1) is 27.7 Å². The Balaban J connectivity index is 1.67. The lowest BCUT2D eigenvalue weighted by molar-refractivity contribution is -0.139. The van der Waals surface area contributed by atoms with Crippen LogP contribution in [0.3, 0.4) is 0 Å². The zero-order chi connectivity index (χ0) is 21.7. The third-order valence-corrected chi connectivity index (χ3v) is 4.89. The highest BCUT2D eigenvalue weighted by atomic mass is 16.2. The van der Waals surface area contributed by atoms with Crippen LogP contribution in [0.4, 0.5) is 0 Å². The molecule has 0 bridgehead atoms. The summed E-state index contributed by atoms with van der Waals surface area (Å²) in [4.78, 5) is 27.9. The van der Waals surface area contributed by atoms with Crippen molar-refractivity contribution >= 4 is 18.0 Å². The molecule has 0 aliphatic rings. The number of aromatic nitrogens is 2. The number of benzene rings is 1. The molecule has 7 nitrogen and oxygen atoms in total. The van der Waals surface area contributed by atoms with Gasteiger partial charge in [-0.25, -0.2) is 5.43 Å². The predicted octanol–water partition coefficient (Wildman–Crippen LogP) is 2.87. The summed E-state index contributed by atoms with van der Waals surface area (Å²) >= 11 is 0. The van der Waals surface area contributed by atoms with Crippen LogP contribution in [0.2, 0.25) is 0 Å². The van der Waals surface area contributed by atoms with Gasteiger partial charge in [0.1, 0.15) is 0 Å². The van der Waals surface area contributed by atoms with Crippen molar-refractivity contribution in [3.63, 3.8) is 0 Å². The van der Waals surface area contributed by atoms with Crippen molar-refractivity contribution in [1.29, 1.82) is 0 Å². The Morgan fingerprint density at radius 3 is 2.47 bits per heavy atom. The Hall–Kier alpha value is -3.74. The topological polar surface area (TPSA) is 88.4 Å². The zero-order valence-corrected chi connectivity index (χ0v) is 17.6. The van der Waals surface area contributed by atoms with Crippen molar-refractivity contribution in [2.24, 2.45) is 5.10 Å². The predicted molar refractivity (Wildman–Crippen MR) is 117 cm³/mol. The highest BCUT2D eigenvalue weighted by molar-refractivity contribution is 6.35. The highest BCUT2D eigenvalue weighted by Gasteiger charge is 2.14. The first-order valence-electron chi connectivity index (χ1n) is 9.64. The van der Waals surface area contributed by atoms with Crippen LogP contribution in [0.5, 0.6) is 0 Å². The number of nitrogens with zero attached hydrogens (tertiary/aromatic N) is 3. The Labute approximate surface area is 175 Å². The normalized spacial score (nSPS) is 10.9. The van der Waals surface area contributed by atoms with Crippen molar-refractivity contribution in [1.82, 2.24) is 20.3 Å². The smallest absolute Gasteiger partial charge is 0.329 e. The van der Waals surface area contributed by atoms with E-state index in [2.05, 4.69) is 51.4 Å². The first-order valence-corrected chi connectivity index (χ1v) is 9.64. The fourth-order valence-corrected chi connectivity index (χ4v) is 3.40. The van der Waals surface area contributed by atoms with Crippen LogP contribution in [0.1, 0.15) is 33.6 Å². The second kappa shape index (κ2) is 9.17. The highest BCUT2D eigenvalue weighted by Crippen LogP contribution is 2.25. The maximum atomic E-state index is 12.0. The van der Waals surface area contributed by atoms with Gasteiger partial charge in [-0.2, -0.15) is 5.10 Å². The van der Waals surface area contributed by atoms with Crippen LogP contribution in [0.15, 0.2) is 53.9 Å². The van der Waals surface area contributed by atoms with Crippen molar-refractivity contribution < 1.29 is 9.59 Å². The Bertz CT molecular complexity index is 1080. The van der Waals surface area contributed by atoms with Crippen molar-refractivity contribution in [2.75, 3.05) is 0 Å². The first-order chi connectivity index (χ1) is 14.4. The van der Waals surface area contributed by atoms with E-state index in [1.165, 1.54) is 11.1 Å². The second-order valence-corrected chi connectivity index (χ2v) is 7.15. The van der Waals surface area contributed by atoms with E-state index in [0.717, 1.165) is 28.2 Å². The average Bonchev–Trinajstić information content (AvgIpc) is 3.00. The molecule has 0 saturated heterocycles. The molecule has 2 amide bonds. The van der Waals surface area contributed by atoms with Gasteiger partial charge < -0.3 is 9.88 Å². The molecule has 3 aromatic rings. The summed E-state index contributed by atoms with van der Waals surface area (Å²) in [5.41, 5.74) is 9.52. The molecule has 3 rings (SSSR count). The first kappa shape index (κ1) is 21.0. The molecule has 2 heterocycles. The van der Waals surface area contributed by atoms with Gasteiger partial charge in [-0.1, -0.05) is 24.3 Å². The van der Waals surface area contributed by atoms with E-state index in [0.29, 0.717) is 0 Å². The molecule has 154 valence electrons. The standard InChI is InChI=1S/C23H25N5O2/c1-15-7-5-8-16(2)21(15)28-17(3)11-20(18(28)4)14-26-27-23(30)22(29)25-13-19-9-6-10-24-12-19/h5-12,14H,13H2,1-4H3,(H,25,29)(H,27,30). The van der Waals surface area contributed by atoms with Crippen molar-refractivity contribution in [3.8, 4) is 5.69 Å². The third kappa shape index (κ3) is 4.63. The second-order valence-electron chi connectivity index (χ2n) is 7.15. The number of hydrogen-bond acceptors (Lipinski definition) is 4. The summed E-state index contributed by atoms with van der Waals surface area (Å²) < 4.78 is 2.18. The molecule has 0 aliphatic carbocycles. The minimum absolute atomic E-state index is 0.223. The van der Waals surface area contributed by atoms with Gasteiger partial charge in [-0.05, 0) is 56.5 Å². The summed E-state index contributed by atoms with van der Waals surface area (Å²) in [6.07, 6.45) is 4.82. The van der Waals surface area contributed by atoms with Gasteiger partial charge in [0.05, 0.1) is 11.9 Å². The molecule has 0 unspecified atom stereocenters. The summed E-state index contributed by atoms with van der Waals surface area (Å²) in [7, 11) is 0. The number of hydrogen-bond donors (Lipinski definition) is 2. The van der Waals surface area contributed by atoms with E-state index in [-0.39, 0.29) is 6.54 Å². The lowest BCUT2D eigenvalue weighted by Gasteiger charge is -2.15. The summed E-state index contributed by atoms with van der Waals surface area (Å²) in [6.45, 7) is 8.42. The van der Waals surface area contributed by atoms with Gasteiger partial charge in [-0.3, -0.25) is 14.6 Å². The van der Waals surface area contributed by atoms with Gasteiger partial charge in [0.25, 0.3) is 0 Å². The van der Waals surface area contributed by atoms with Crippen LogP contribution in [0.25, 0.3) is 5.69 Å². The molecule has 0 atom stereocenters. The van der Waals surface area contributed by atoms with Gasteiger partial charge in [0.15, 0.2) is 0 Å². The maximum absolute atomic E-state index is 12.0. The number of hydrazone groups is 1. The number of para-hydroxylation sites is 1. The maximum Gasteiger partial charge on any atom is 0.329 e. The Kier molecular flexibility index (Phi) is 6.41. The number of aryl methyl sites for hydroxylation is 3. The van der Waals surface area contributed by atoms with Crippen LogP contribution in [-0.4, -0.2) is 27.6 Å². The van der Waals surface area contributed by atoms with E-state index < -0.39 is 11.8 Å². The fourth-order valence-electron chi connectivity index (χ4n) is 3.40. The van der Waals surface area contributed by atoms with Crippen molar-refractivity contribution in [2.45, 2.75) is 34.2 Å². The molecule has 2 N–H and O–H groups in total. The van der Waals surface area contributed by atoms with Gasteiger partial charge in [-0.15, -0.1) is 0 Å². The third-order valence-electron chi connectivity index (χ3n) is 4.89. The molecule has 0 aliphatic heterocycles. The lowest BCUT2D eigenvalue weighted by Crippen LogP contribution is -2.37. The number of pyridine rings is 1. The summed E-state index contributed by atoms with van der Waals surface area (Å²) in [5, 5.41) is 6.50. The monoisotopic (exact) mass is 403 g/mol. The van der Waals surface area contributed by atoms with Gasteiger partial charge in [0.2, 0.25) is 0 Å². The van der Waals surface area contributed by atoms with E-state index in [1.54, 1.807) is 24.7 Å². The molecule has 7 heteroatoms. The summed E-state index contributed by atoms with van der Waals surface area (Å²) in [5.74, 6) is -1.57. The van der Waals surface area contributed by atoms with E-state index in [9.17, 15) is 9.59 Å². The molecular weight excluding hydrogens is 378 g/mol. The average molecular weight is 403 g/mol. The largest absolute Gasteiger partial charge is 0.344 e. The number of nitrogens with one attached hydrogen (secondary N) is 2. The minimum atomic E-state index is -0.821. The zero-order valence-electron chi connectivity index (χ0n) is 17.6. The number of carbonyl (C=O) groups is 2. The lowest BCUT2D eigenvalue weighted by atomic mass is 10.1. The fraction of sp³-hybridized carbons (Fsp3) is 0.217. The van der Waals surface area contributed by atoms with Crippen molar-refractivity contribution in [3.05, 3.63) is 82.4 Å². The van der Waals surface area contributed by atoms with Crippen LogP contribution >= 0.6 is 0 Å². The van der Waals surface area contributed by atoms with Gasteiger partial charge >= 0.3 is 11.8 Å². The number of carbonyl (C=O) groups excluding carboxylic acids is 2. The van der Waals surface area contributed by atoms with E-state index in [1.807, 2.05) is 32.0 Å². The van der Waals surface area contributed by atoms with Gasteiger partial charge in [0, 0.05) is 35.9 Å². The van der Waals surface area contributed by atoms with E-state index >= 15 is 0 Å². The Morgan fingerprint density at radius 1 is 1.07 bits per heavy atom. The van der Waals surface area contributed by atoms with Crippen LogP contribution in [-0.2, 0) is 16.1 Å². The molecule has 1 aromatic carbocycles. The van der Waals surface area contributed by atoms with Crippen LogP contribution < -0.4 is 10.7 Å². The minimum Gasteiger partial charge on any atom is -0.344 e. The SMILES string of the molecule is Cc1cccc(C)c1-n1c(C)cc(C=NNC(=O)C(=O)NCc2cccnc2)c1C. The molecular formula is C23H25N5O2. The molecule has 0 saturated carbocycles. The molecule has 2 aromatic heterocycles. The molecule has 0 fully saturated rings. The molecule has 0 radical (unpaired) electrons. The molecule has 0 spiro atoms. The number of rotatable bonds is 5. The number of amides is 2. The van der Waals surface area contributed by atoms with E-state index in [4.69, 9.17) is 0 Å². The summed E-state index contributed by atoms with van der Waals surface area (Å²) in [6, 6.07) is 11.8. The molecule has 30 heavy (non-hydrogen) atoms. The Morgan fingerprint density at radius 2 is 1.80 bits per heavy atom. The quantitative estimate of drug-likeness (QED) is 0.390.